The molecule has 0 aromatic heterocycles. The van der Waals surface area contributed by atoms with Crippen LogP contribution in [0.5, 0.6) is 0 Å². The molecule has 1 aliphatic rings. The Morgan fingerprint density at radius 1 is 1.53 bits per heavy atom. The van der Waals surface area contributed by atoms with Gasteiger partial charge in [-0.1, -0.05) is 0 Å². The molecule has 1 fully saturated rings. The third-order valence-electron chi connectivity index (χ3n) is 3.48. The van der Waals surface area contributed by atoms with Gasteiger partial charge in [0, 0.05) is 29.5 Å². The molecule has 1 amide bonds. The third-order valence-corrected chi connectivity index (χ3v) is 3.48. The maximum atomic E-state index is 13.5. The molecule has 0 heterocycles. The van der Waals surface area contributed by atoms with Gasteiger partial charge in [0.2, 0.25) is 0 Å². The van der Waals surface area contributed by atoms with Crippen molar-refractivity contribution in [2.45, 2.75) is 38.8 Å². The highest BCUT2D eigenvalue weighted by atomic mass is 19.1. The van der Waals surface area contributed by atoms with Crippen LogP contribution in [0.2, 0.25) is 0 Å². The minimum Gasteiger partial charge on any atom is -0.398 e. The maximum Gasteiger partial charge on any atom is 0.251 e. The van der Waals surface area contributed by atoms with Gasteiger partial charge in [0.1, 0.15) is 5.82 Å². The zero-order chi connectivity index (χ0) is 14.0. The highest BCUT2D eigenvalue weighted by molar-refractivity contribution is 5.95. The number of nitrogen functional groups attached to an aromatic ring is 1. The fourth-order valence-corrected chi connectivity index (χ4v) is 2.16. The van der Waals surface area contributed by atoms with Crippen LogP contribution in [0.4, 0.5) is 10.1 Å². The SMILES string of the molecule is CCOC1CC(NC(=O)c2cc(N)c(C)c(F)c2)C1. The van der Waals surface area contributed by atoms with Crippen LogP contribution in [0.3, 0.4) is 0 Å². The van der Waals surface area contributed by atoms with Gasteiger partial charge in [-0.25, -0.2) is 4.39 Å². The number of amides is 1. The molecular weight excluding hydrogens is 247 g/mol. The average molecular weight is 266 g/mol. The highest BCUT2D eigenvalue weighted by Gasteiger charge is 2.30. The molecule has 5 heteroatoms. The molecule has 0 spiro atoms. The van der Waals surface area contributed by atoms with Crippen molar-refractivity contribution in [3.8, 4) is 0 Å². The minimum absolute atomic E-state index is 0.106. The smallest absolute Gasteiger partial charge is 0.251 e. The van der Waals surface area contributed by atoms with Gasteiger partial charge >= 0.3 is 0 Å². The van der Waals surface area contributed by atoms with Crippen molar-refractivity contribution in [3.05, 3.63) is 29.1 Å². The van der Waals surface area contributed by atoms with Gasteiger partial charge in [-0.05, 0) is 38.8 Å². The predicted molar refractivity (Wildman–Crippen MR) is 71.5 cm³/mol. The number of nitrogens with two attached hydrogens (primary N) is 1. The summed E-state index contributed by atoms with van der Waals surface area (Å²) < 4.78 is 18.9. The number of halogens is 1. The topological polar surface area (TPSA) is 64.3 Å². The van der Waals surface area contributed by atoms with E-state index >= 15 is 0 Å². The second-order valence-electron chi connectivity index (χ2n) is 4.89. The fourth-order valence-electron chi connectivity index (χ4n) is 2.16. The van der Waals surface area contributed by atoms with Crippen LogP contribution in [-0.2, 0) is 4.74 Å². The lowest BCUT2D eigenvalue weighted by atomic mass is 9.89. The summed E-state index contributed by atoms with van der Waals surface area (Å²) in [5.74, 6) is -0.739. The number of benzene rings is 1. The van der Waals surface area contributed by atoms with Crippen molar-refractivity contribution in [3.63, 3.8) is 0 Å². The van der Waals surface area contributed by atoms with Crippen LogP contribution in [0, 0.1) is 12.7 Å². The molecule has 1 saturated carbocycles. The number of anilines is 1. The highest BCUT2D eigenvalue weighted by Crippen LogP contribution is 2.24. The molecule has 19 heavy (non-hydrogen) atoms. The molecule has 0 bridgehead atoms. The summed E-state index contributed by atoms with van der Waals surface area (Å²) in [5, 5.41) is 2.85. The lowest BCUT2D eigenvalue weighted by Crippen LogP contribution is -2.47. The first-order valence-electron chi connectivity index (χ1n) is 6.49. The summed E-state index contributed by atoms with van der Waals surface area (Å²) in [6.07, 6.45) is 1.85. The van der Waals surface area contributed by atoms with Gasteiger partial charge in [-0.3, -0.25) is 4.79 Å². The van der Waals surface area contributed by atoms with Crippen LogP contribution in [0.1, 0.15) is 35.7 Å². The Morgan fingerprint density at radius 3 is 2.79 bits per heavy atom. The molecule has 1 aromatic carbocycles. The lowest BCUT2D eigenvalue weighted by molar-refractivity contribution is -0.00863. The Hall–Kier alpha value is -1.62. The van der Waals surface area contributed by atoms with Gasteiger partial charge in [-0.15, -0.1) is 0 Å². The van der Waals surface area contributed by atoms with Crippen molar-refractivity contribution in [1.29, 1.82) is 0 Å². The van der Waals surface area contributed by atoms with Crippen LogP contribution in [0.15, 0.2) is 12.1 Å². The number of carbonyl (C=O) groups excluding carboxylic acids is 1. The lowest BCUT2D eigenvalue weighted by Gasteiger charge is -2.35. The molecule has 2 rings (SSSR count). The maximum absolute atomic E-state index is 13.5. The van der Waals surface area contributed by atoms with Gasteiger partial charge < -0.3 is 15.8 Å². The third kappa shape index (κ3) is 3.04. The number of hydrogen-bond acceptors (Lipinski definition) is 3. The van der Waals surface area contributed by atoms with Crippen molar-refractivity contribution < 1.29 is 13.9 Å². The average Bonchev–Trinajstić information content (AvgIpc) is 2.32. The van der Waals surface area contributed by atoms with Crippen LogP contribution < -0.4 is 11.1 Å². The van der Waals surface area contributed by atoms with E-state index in [1.807, 2.05) is 6.92 Å². The number of carbonyl (C=O) groups is 1. The fraction of sp³-hybridized carbons (Fsp3) is 0.500. The molecule has 4 nitrogen and oxygen atoms in total. The summed E-state index contributed by atoms with van der Waals surface area (Å²) in [5.41, 5.74) is 6.59. The van der Waals surface area contributed by atoms with Gasteiger partial charge in [-0.2, -0.15) is 0 Å². The molecule has 3 N–H and O–H groups in total. The summed E-state index contributed by atoms with van der Waals surface area (Å²) in [4.78, 5) is 12.0. The standard InChI is InChI=1S/C14H19FN2O2/c1-3-19-11-6-10(7-11)17-14(18)9-4-12(15)8(2)13(16)5-9/h4-5,10-11H,3,6-7,16H2,1-2H3,(H,17,18). The second kappa shape index (κ2) is 5.57. The molecule has 1 aliphatic carbocycles. The van der Waals surface area contributed by atoms with Crippen molar-refractivity contribution in [2.24, 2.45) is 0 Å². The molecule has 0 aliphatic heterocycles. The van der Waals surface area contributed by atoms with Gasteiger partial charge in [0.15, 0.2) is 0 Å². The van der Waals surface area contributed by atoms with Gasteiger partial charge in [0.05, 0.1) is 6.10 Å². The first-order valence-corrected chi connectivity index (χ1v) is 6.49. The van der Waals surface area contributed by atoms with Crippen molar-refractivity contribution in [1.82, 2.24) is 5.32 Å². The Balaban J connectivity index is 1.94. The molecule has 0 radical (unpaired) electrons. The molecular formula is C14H19FN2O2. The van der Waals surface area contributed by atoms with Crippen molar-refractivity contribution in [2.75, 3.05) is 12.3 Å². The van der Waals surface area contributed by atoms with E-state index in [1.165, 1.54) is 12.1 Å². The first-order chi connectivity index (χ1) is 9.01. The van der Waals surface area contributed by atoms with E-state index in [4.69, 9.17) is 10.5 Å². The first kappa shape index (κ1) is 13.8. The number of rotatable bonds is 4. The summed E-state index contributed by atoms with van der Waals surface area (Å²) >= 11 is 0. The van der Waals surface area contributed by atoms with E-state index in [-0.39, 0.29) is 23.6 Å². The van der Waals surface area contributed by atoms with Crippen molar-refractivity contribution >= 4 is 11.6 Å². The van der Waals surface area contributed by atoms with Crippen LogP contribution in [-0.4, -0.2) is 24.7 Å². The molecule has 0 saturated heterocycles. The molecule has 0 unspecified atom stereocenters. The van der Waals surface area contributed by atoms with E-state index in [2.05, 4.69) is 5.32 Å². The Morgan fingerprint density at radius 2 is 2.21 bits per heavy atom. The van der Waals surface area contributed by atoms with E-state index in [9.17, 15) is 9.18 Å². The zero-order valence-electron chi connectivity index (χ0n) is 11.2. The number of ether oxygens (including phenoxy) is 1. The molecule has 0 atom stereocenters. The number of nitrogens with one attached hydrogen (secondary N) is 1. The monoisotopic (exact) mass is 266 g/mol. The van der Waals surface area contributed by atoms with Crippen LogP contribution >= 0.6 is 0 Å². The van der Waals surface area contributed by atoms with E-state index < -0.39 is 5.82 Å². The normalized spacial score (nSPS) is 21.8. The minimum atomic E-state index is -0.453. The van der Waals surface area contributed by atoms with Crippen LogP contribution in [0.25, 0.3) is 0 Å². The van der Waals surface area contributed by atoms with E-state index in [0.717, 1.165) is 12.8 Å². The Labute approximate surface area is 112 Å². The van der Waals surface area contributed by atoms with E-state index in [1.54, 1.807) is 6.92 Å². The largest absolute Gasteiger partial charge is 0.398 e. The number of hydrogen-bond donors (Lipinski definition) is 2. The molecule has 1 aromatic rings. The van der Waals surface area contributed by atoms with E-state index in [0.29, 0.717) is 17.9 Å². The zero-order valence-corrected chi connectivity index (χ0v) is 11.2. The molecule has 104 valence electrons. The Bertz CT molecular complexity index is 461. The van der Waals surface area contributed by atoms with Gasteiger partial charge in [0.25, 0.3) is 5.91 Å². The summed E-state index contributed by atoms with van der Waals surface area (Å²) in [7, 11) is 0. The summed E-state index contributed by atoms with van der Waals surface area (Å²) in [6, 6.07) is 2.83. The second-order valence-corrected chi connectivity index (χ2v) is 4.89. The predicted octanol–water partition coefficient (Wildman–Crippen LogP) is 2.01. The quantitative estimate of drug-likeness (QED) is 0.819. The Kier molecular flexibility index (Phi) is 4.04. The summed E-state index contributed by atoms with van der Waals surface area (Å²) in [6.45, 7) is 4.22.